The zero-order chi connectivity index (χ0) is 13.8. The molecule has 0 fully saturated rings. The molecule has 0 spiro atoms. The van der Waals surface area contributed by atoms with Crippen LogP contribution in [0, 0.1) is 6.92 Å². The first-order chi connectivity index (χ1) is 9.06. The van der Waals surface area contributed by atoms with E-state index >= 15 is 0 Å². The molecule has 0 aliphatic rings. The van der Waals surface area contributed by atoms with E-state index in [2.05, 4.69) is 10.3 Å². The number of anilines is 2. The Balaban J connectivity index is 1.94. The Morgan fingerprint density at radius 1 is 1.21 bits per heavy atom. The fourth-order valence-corrected chi connectivity index (χ4v) is 2.22. The van der Waals surface area contributed by atoms with E-state index in [0.717, 1.165) is 30.0 Å². The van der Waals surface area contributed by atoms with Gasteiger partial charge < -0.3 is 11.1 Å². The maximum atomic E-state index is 6.11. The number of rotatable bonds is 4. The van der Waals surface area contributed by atoms with Crippen LogP contribution >= 0.6 is 23.2 Å². The molecule has 1 aromatic carbocycles. The molecule has 0 atom stereocenters. The van der Waals surface area contributed by atoms with Gasteiger partial charge >= 0.3 is 0 Å². The monoisotopic (exact) mass is 295 g/mol. The molecule has 1 aromatic heterocycles. The number of aryl methyl sites for hydroxylation is 1. The van der Waals surface area contributed by atoms with E-state index in [1.807, 2.05) is 31.2 Å². The number of nitrogens with two attached hydrogens (primary N) is 1. The van der Waals surface area contributed by atoms with E-state index in [0.29, 0.717) is 15.7 Å². The number of pyridine rings is 1. The van der Waals surface area contributed by atoms with Crippen molar-refractivity contribution in [2.24, 2.45) is 0 Å². The lowest BCUT2D eigenvalue weighted by Gasteiger charge is -2.08. The van der Waals surface area contributed by atoms with E-state index in [-0.39, 0.29) is 0 Å². The first kappa shape index (κ1) is 14.0. The van der Waals surface area contributed by atoms with E-state index in [9.17, 15) is 0 Å². The third kappa shape index (κ3) is 3.75. The number of nitrogens with zero attached hydrogens (tertiary/aromatic N) is 1. The molecule has 0 saturated heterocycles. The summed E-state index contributed by atoms with van der Waals surface area (Å²) in [4.78, 5) is 4.35. The molecule has 1 heterocycles. The van der Waals surface area contributed by atoms with Gasteiger partial charge in [0.15, 0.2) is 0 Å². The number of nitrogen functional groups attached to an aromatic ring is 1. The van der Waals surface area contributed by atoms with Crippen molar-refractivity contribution >= 4 is 34.7 Å². The van der Waals surface area contributed by atoms with E-state index in [1.165, 1.54) is 0 Å². The van der Waals surface area contributed by atoms with Gasteiger partial charge in [-0.15, -0.1) is 0 Å². The highest BCUT2D eigenvalue weighted by Crippen LogP contribution is 2.21. The smallest absolute Gasteiger partial charge is 0.126 e. The number of aromatic nitrogens is 1. The third-order valence-corrected chi connectivity index (χ3v) is 3.43. The molecule has 2 aromatic rings. The number of halogens is 2. The molecular formula is C14H15Cl2N3. The van der Waals surface area contributed by atoms with Crippen molar-refractivity contribution in [3.8, 4) is 0 Å². The zero-order valence-electron chi connectivity index (χ0n) is 10.6. The minimum absolute atomic E-state index is 0.650. The summed E-state index contributed by atoms with van der Waals surface area (Å²) < 4.78 is 0. The molecule has 0 bridgehead atoms. The second-order valence-electron chi connectivity index (χ2n) is 4.28. The first-order valence-corrected chi connectivity index (χ1v) is 6.73. The van der Waals surface area contributed by atoms with Crippen molar-refractivity contribution < 1.29 is 0 Å². The standard InChI is InChI=1S/C14H15Cl2N3/c1-9-13(17)4-5-14(19-9)18-7-6-10-2-3-11(15)8-12(10)16/h2-5,8H,6-7,17H2,1H3,(H,18,19). The molecule has 5 heteroatoms. The van der Waals surface area contributed by atoms with E-state index in [4.69, 9.17) is 28.9 Å². The molecule has 100 valence electrons. The van der Waals surface area contributed by atoms with Crippen LogP contribution in [0.3, 0.4) is 0 Å². The van der Waals surface area contributed by atoms with Crippen LogP contribution in [0.15, 0.2) is 30.3 Å². The predicted octanol–water partition coefficient (Wildman–Crippen LogP) is 3.93. The van der Waals surface area contributed by atoms with Gasteiger partial charge in [0.1, 0.15) is 5.82 Å². The summed E-state index contributed by atoms with van der Waals surface area (Å²) in [7, 11) is 0. The first-order valence-electron chi connectivity index (χ1n) is 5.97. The Labute approximate surface area is 122 Å². The molecule has 0 aliphatic carbocycles. The van der Waals surface area contributed by atoms with Gasteiger partial charge in [0.25, 0.3) is 0 Å². The topological polar surface area (TPSA) is 50.9 Å². The molecule has 0 aliphatic heterocycles. The Morgan fingerprint density at radius 2 is 2.00 bits per heavy atom. The van der Waals surface area contributed by atoms with Gasteiger partial charge in [-0.1, -0.05) is 29.3 Å². The highest BCUT2D eigenvalue weighted by molar-refractivity contribution is 6.35. The van der Waals surface area contributed by atoms with Gasteiger partial charge in [-0.2, -0.15) is 0 Å². The molecule has 3 N–H and O–H groups in total. The quantitative estimate of drug-likeness (QED) is 0.898. The Morgan fingerprint density at radius 3 is 2.68 bits per heavy atom. The Hall–Kier alpha value is -1.45. The molecule has 0 amide bonds. The highest BCUT2D eigenvalue weighted by atomic mass is 35.5. The van der Waals surface area contributed by atoms with Crippen molar-refractivity contribution in [1.29, 1.82) is 0 Å². The normalized spacial score (nSPS) is 10.5. The van der Waals surface area contributed by atoms with Crippen molar-refractivity contribution in [1.82, 2.24) is 4.98 Å². The van der Waals surface area contributed by atoms with Gasteiger partial charge in [-0.3, -0.25) is 0 Å². The molecule has 0 saturated carbocycles. The van der Waals surface area contributed by atoms with Crippen molar-refractivity contribution in [3.05, 3.63) is 51.6 Å². The lowest BCUT2D eigenvalue weighted by molar-refractivity contribution is 1.00. The summed E-state index contributed by atoms with van der Waals surface area (Å²) in [5.41, 5.74) is 8.31. The molecule has 0 unspecified atom stereocenters. The fraction of sp³-hybridized carbons (Fsp3) is 0.214. The molecular weight excluding hydrogens is 281 g/mol. The minimum Gasteiger partial charge on any atom is -0.397 e. The lowest BCUT2D eigenvalue weighted by atomic mass is 10.1. The second kappa shape index (κ2) is 6.13. The number of hydrogen-bond acceptors (Lipinski definition) is 3. The van der Waals surface area contributed by atoms with Gasteiger partial charge in [-0.05, 0) is 43.2 Å². The average Bonchev–Trinajstić information content (AvgIpc) is 2.36. The highest BCUT2D eigenvalue weighted by Gasteiger charge is 2.02. The second-order valence-corrected chi connectivity index (χ2v) is 5.13. The van der Waals surface area contributed by atoms with Gasteiger partial charge in [0, 0.05) is 16.6 Å². The van der Waals surface area contributed by atoms with Crippen LogP contribution < -0.4 is 11.1 Å². The maximum absolute atomic E-state index is 6.11. The van der Waals surface area contributed by atoms with Crippen LogP contribution in [-0.2, 0) is 6.42 Å². The Bertz CT molecular complexity index is 585. The van der Waals surface area contributed by atoms with E-state index < -0.39 is 0 Å². The zero-order valence-corrected chi connectivity index (χ0v) is 12.1. The summed E-state index contributed by atoms with van der Waals surface area (Å²) in [5, 5.41) is 4.59. The van der Waals surface area contributed by atoms with Crippen molar-refractivity contribution in [2.75, 3.05) is 17.6 Å². The molecule has 0 radical (unpaired) electrons. The van der Waals surface area contributed by atoms with Crippen molar-refractivity contribution in [3.63, 3.8) is 0 Å². The van der Waals surface area contributed by atoms with Gasteiger partial charge in [-0.25, -0.2) is 4.98 Å². The molecule has 19 heavy (non-hydrogen) atoms. The van der Waals surface area contributed by atoms with Gasteiger partial charge in [0.05, 0.1) is 11.4 Å². The van der Waals surface area contributed by atoms with E-state index in [1.54, 1.807) is 6.07 Å². The summed E-state index contributed by atoms with van der Waals surface area (Å²) >= 11 is 12.0. The average molecular weight is 296 g/mol. The summed E-state index contributed by atoms with van der Waals surface area (Å²) in [6, 6.07) is 9.25. The molecule has 3 nitrogen and oxygen atoms in total. The maximum Gasteiger partial charge on any atom is 0.126 e. The fourth-order valence-electron chi connectivity index (χ4n) is 1.72. The van der Waals surface area contributed by atoms with Crippen LogP contribution in [-0.4, -0.2) is 11.5 Å². The largest absolute Gasteiger partial charge is 0.397 e. The number of benzene rings is 1. The third-order valence-electron chi connectivity index (χ3n) is 2.84. The van der Waals surface area contributed by atoms with Crippen LogP contribution in [0.2, 0.25) is 10.0 Å². The lowest BCUT2D eigenvalue weighted by Crippen LogP contribution is -2.07. The summed E-state index contributed by atoms with van der Waals surface area (Å²) in [6.07, 6.45) is 0.807. The van der Waals surface area contributed by atoms with Gasteiger partial charge in [0.2, 0.25) is 0 Å². The van der Waals surface area contributed by atoms with Crippen LogP contribution in [0.5, 0.6) is 0 Å². The van der Waals surface area contributed by atoms with Crippen LogP contribution in [0.25, 0.3) is 0 Å². The SMILES string of the molecule is Cc1nc(NCCc2ccc(Cl)cc2Cl)ccc1N. The van der Waals surface area contributed by atoms with Crippen LogP contribution in [0.1, 0.15) is 11.3 Å². The summed E-state index contributed by atoms with van der Waals surface area (Å²) in [5.74, 6) is 0.816. The van der Waals surface area contributed by atoms with Crippen LogP contribution in [0.4, 0.5) is 11.5 Å². The number of hydrogen-bond donors (Lipinski definition) is 2. The Kier molecular flexibility index (Phi) is 4.51. The molecule has 2 rings (SSSR count). The number of nitrogens with one attached hydrogen (secondary N) is 1. The predicted molar refractivity (Wildman–Crippen MR) is 82.0 cm³/mol. The minimum atomic E-state index is 0.650. The summed E-state index contributed by atoms with van der Waals surface area (Å²) in [6.45, 7) is 2.63. The van der Waals surface area contributed by atoms with Crippen molar-refractivity contribution in [2.45, 2.75) is 13.3 Å².